The van der Waals surface area contributed by atoms with Crippen LogP contribution in [0.15, 0.2) is 24.3 Å². The minimum atomic E-state index is -0.502. The number of piperidine rings is 1. The second-order valence-electron chi connectivity index (χ2n) is 7.65. The molecule has 0 bridgehead atoms. The molecule has 1 aromatic carbocycles. The van der Waals surface area contributed by atoms with Gasteiger partial charge in [0.15, 0.2) is 0 Å². The van der Waals surface area contributed by atoms with E-state index in [4.69, 9.17) is 10.5 Å². The van der Waals surface area contributed by atoms with Crippen LogP contribution >= 0.6 is 0 Å². The quantitative estimate of drug-likeness (QED) is 0.870. The third kappa shape index (κ3) is 4.95. The maximum atomic E-state index is 12.5. The lowest BCUT2D eigenvalue weighted by molar-refractivity contribution is -0.136. The van der Waals surface area contributed by atoms with Crippen LogP contribution in [0.4, 0.5) is 0 Å². The van der Waals surface area contributed by atoms with Crippen LogP contribution in [0, 0.1) is 5.41 Å². The Morgan fingerprint density at radius 3 is 2.24 bits per heavy atom. The van der Waals surface area contributed by atoms with Crippen molar-refractivity contribution >= 4 is 11.8 Å². The third-order valence-electron chi connectivity index (χ3n) is 4.69. The summed E-state index contributed by atoms with van der Waals surface area (Å²) >= 11 is 0. The van der Waals surface area contributed by atoms with E-state index >= 15 is 0 Å². The van der Waals surface area contributed by atoms with Crippen molar-refractivity contribution in [2.75, 3.05) is 20.2 Å². The van der Waals surface area contributed by atoms with Crippen molar-refractivity contribution in [3.05, 3.63) is 29.8 Å². The van der Waals surface area contributed by atoms with Gasteiger partial charge in [-0.15, -0.1) is 0 Å². The lowest BCUT2D eigenvalue weighted by Gasteiger charge is -2.36. The van der Waals surface area contributed by atoms with E-state index in [1.54, 1.807) is 31.4 Å². The van der Waals surface area contributed by atoms with E-state index in [0.717, 1.165) is 18.6 Å². The van der Waals surface area contributed by atoms with Crippen LogP contribution in [0.3, 0.4) is 0 Å². The monoisotopic (exact) mass is 347 g/mol. The van der Waals surface area contributed by atoms with E-state index in [9.17, 15) is 9.59 Å². The number of ether oxygens (including phenoxy) is 1. The van der Waals surface area contributed by atoms with E-state index in [-0.39, 0.29) is 23.3 Å². The second kappa shape index (κ2) is 7.87. The minimum absolute atomic E-state index is 0.00701. The summed E-state index contributed by atoms with van der Waals surface area (Å²) in [6.07, 6.45) is 1.48. The van der Waals surface area contributed by atoms with Gasteiger partial charge in [-0.25, -0.2) is 0 Å². The second-order valence-corrected chi connectivity index (χ2v) is 7.65. The van der Waals surface area contributed by atoms with Crippen LogP contribution in [0.25, 0.3) is 0 Å². The molecule has 1 aromatic rings. The van der Waals surface area contributed by atoms with Crippen molar-refractivity contribution in [1.82, 2.24) is 10.2 Å². The number of nitrogens with zero attached hydrogens (tertiary/aromatic N) is 1. The highest BCUT2D eigenvalue weighted by Crippen LogP contribution is 2.21. The summed E-state index contributed by atoms with van der Waals surface area (Å²) in [5, 5.41) is 3.04. The summed E-state index contributed by atoms with van der Waals surface area (Å²) in [7, 11) is 1.59. The number of nitrogens with two attached hydrogens (primary N) is 1. The zero-order valence-electron chi connectivity index (χ0n) is 15.5. The Bertz CT molecular complexity index is 599. The van der Waals surface area contributed by atoms with E-state index in [0.29, 0.717) is 18.7 Å². The Labute approximate surface area is 149 Å². The summed E-state index contributed by atoms with van der Waals surface area (Å²) in [6.45, 7) is 7.15. The lowest BCUT2D eigenvalue weighted by atomic mass is 9.86. The van der Waals surface area contributed by atoms with Gasteiger partial charge in [-0.3, -0.25) is 9.59 Å². The number of methoxy groups -OCH3 is 1. The van der Waals surface area contributed by atoms with Crippen LogP contribution in [0.2, 0.25) is 0 Å². The number of hydrogen-bond acceptors (Lipinski definition) is 4. The first-order chi connectivity index (χ1) is 11.7. The molecule has 0 spiro atoms. The Hall–Kier alpha value is -2.08. The summed E-state index contributed by atoms with van der Waals surface area (Å²) in [5.74, 6) is 0.616. The highest BCUT2D eigenvalue weighted by atomic mass is 16.5. The van der Waals surface area contributed by atoms with Crippen LogP contribution in [-0.2, 0) is 4.79 Å². The van der Waals surface area contributed by atoms with Crippen molar-refractivity contribution in [2.45, 2.75) is 45.7 Å². The number of nitrogens with one attached hydrogen (secondary N) is 1. The van der Waals surface area contributed by atoms with Gasteiger partial charge in [0.25, 0.3) is 5.91 Å². The molecule has 1 heterocycles. The van der Waals surface area contributed by atoms with Crippen LogP contribution in [0.5, 0.6) is 5.75 Å². The Morgan fingerprint density at radius 1 is 1.20 bits per heavy atom. The first-order valence-corrected chi connectivity index (χ1v) is 8.71. The third-order valence-corrected chi connectivity index (χ3v) is 4.69. The van der Waals surface area contributed by atoms with Gasteiger partial charge in [0.1, 0.15) is 5.75 Å². The predicted molar refractivity (Wildman–Crippen MR) is 97.5 cm³/mol. The molecule has 3 N–H and O–H groups in total. The number of benzene rings is 1. The first kappa shape index (κ1) is 19.2. The first-order valence-electron chi connectivity index (χ1n) is 8.71. The van der Waals surface area contributed by atoms with Gasteiger partial charge >= 0.3 is 0 Å². The van der Waals surface area contributed by atoms with Gasteiger partial charge < -0.3 is 20.7 Å². The van der Waals surface area contributed by atoms with E-state index in [1.165, 1.54) is 0 Å². The summed E-state index contributed by atoms with van der Waals surface area (Å²) < 4.78 is 5.10. The Kier molecular flexibility index (Phi) is 6.06. The lowest BCUT2D eigenvalue weighted by Crippen LogP contribution is -2.54. The average molecular weight is 347 g/mol. The fourth-order valence-corrected chi connectivity index (χ4v) is 2.82. The minimum Gasteiger partial charge on any atom is -0.497 e. The van der Waals surface area contributed by atoms with Crippen molar-refractivity contribution in [3.63, 3.8) is 0 Å². The molecule has 2 amide bonds. The number of amides is 2. The maximum Gasteiger partial charge on any atom is 0.251 e. The van der Waals surface area contributed by atoms with E-state index in [2.05, 4.69) is 5.32 Å². The molecule has 0 aromatic heterocycles. The molecule has 25 heavy (non-hydrogen) atoms. The van der Waals surface area contributed by atoms with Crippen molar-refractivity contribution < 1.29 is 14.3 Å². The van der Waals surface area contributed by atoms with Gasteiger partial charge in [0, 0.05) is 24.7 Å². The zero-order valence-corrected chi connectivity index (χ0v) is 15.5. The smallest absolute Gasteiger partial charge is 0.251 e. The largest absolute Gasteiger partial charge is 0.497 e. The van der Waals surface area contributed by atoms with Crippen LogP contribution in [0.1, 0.15) is 44.0 Å². The predicted octanol–water partition coefficient (Wildman–Crippen LogP) is 1.79. The molecule has 1 unspecified atom stereocenters. The number of hydrogen-bond donors (Lipinski definition) is 2. The molecule has 0 saturated carbocycles. The number of carbonyl (C=O) groups excluding carboxylic acids is 2. The SMILES string of the molecule is COc1ccc(C(=O)NC2CCN(C(=O)C(N)C(C)(C)C)CC2)cc1. The Balaban J connectivity index is 1.85. The van der Waals surface area contributed by atoms with Gasteiger partial charge in [-0.05, 0) is 42.5 Å². The van der Waals surface area contributed by atoms with E-state index < -0.39 is 6.04 Å². The van der Waals surface area contributed by atoms with Gasteiger partial charge in [-0.1, -0.05) is 20.8 Å². The van der Waals surface area contributed by atoms with Crippen molar-refractivity contribution in [2.24, 2.45) is 11.1 Å². The van der Waals surface area contributed by atoms with Crippen molar-refractivity contribution in [3.8, 4) is 5.75 Å². The molecule has 138 valence electrons. The van der Waals surface area contributed by atoms with E-state index in [1.807, 2.05) is 25.7 Å². The highest BCUT2D eigenvalue weighted by Gasteiger charge is 2.33. The van der Waals surface area contributed by atoms with Gasteiger partial charge in [0.05, 0.1) is 13.2 Å². The molecule has 1 saturated heterocycles. The summed E-state index contributed by atoms with van der Waals surface area (Å²) in [6, 6.07) is 6.60. The fourth-order valence-electron chi connectivity index (χ4n) is 2.82. The molecule has 6 heteroatoms. The molecule has 1 fully saturated rings. The molecule has 1 aliphatic rings. The maximum absolute atomic E-state index is 12.5. The van der Waals surface area contributed by atoms with Crippen molar-refractivity contribution in [1.29, 1.82) is 0 Å². The molecule has 1 aliphatic heterocycles. The Morgan fingerprint density at radius 2 is 1.76 bits per heavy atom. The fraction of sp³-hybridized carbons (Fsp3) is 0.579. The molecule has 6 nitrogen and oxygen atoms in total. The topological polar surface area (TPSA) is 84.7 Å². The molecule has 0 radical (unpaired) electrons. The molecular formula is C19H29N3O3. The summed E-state index contributed by atoms with van der Waals surface area (Å²) in [4.78, 5) is 26.6. The number of rotatable bonds is 4. The van der Waals surface area contributed by atoms with Crippen LogP contribution in [-0.4, -0.2) is 49.0 Å². The molecular weight excluding hydrogens is 318 g/mol. The number of likely N-dealkylation sites (tertiary alicyclic amines) is 1. The molecule has 0 aliphatic carbocycles. The molecule has 2 rings (SSSR count). The number of carbonyl (C=O) groups is 2. The standard InChI is InChI=1S/C19H29N3O3/c1-19(2,3)16(20)18(24)22-11-9-14(10-12-22)21-17(23)13-5-7-15(25-4)8-6-13/h5-8,14,16H,9-12,20H2,1-4H3,(H,21,23). The normalized spacial score (nSPS) is 17.1. The molecule has 1 atom stereocenters. The summed E-state index contributed by atoms with van der Waals surface area (Å²) in [5.41, 5.74) is 6.42. The van der Waals surface area contributed by atoms with Crippen LogP contribution < -0.4 is 15.8 Å². The van der Waals surface area contributed by atoms with Gasteiger partial charge in [-0.2, -0.15) is 0 Å². The highest BCUT2D eigenvalue weighted by molar-refractivity contribution is 5.94. The zero-order chi connectivity index (χ0) is 18.6. The average Bonchev–Trinajstić information content (AvgIpc) is 2.60. The van der Waals surface area contributed by atoms with Gasteiger partial charge in [0.2, 0.25) is 5.91 Å².